The maximum absolute atomic E-state index is 11.8. The van der Waals surface area contributed by atoms with Crippen LogP contribution in [0.2, 0.25) is 0 Å². The highest BCUT2D eigenvalue weighted by Crippen LogP contribution is 2.07. The summed E-state index contributed by atoms with van der Waals surface area (Å²) >= 11 is 1.45. The minimum Gasteiger partial charge on any atom is -0.357 e. The molecule has 0 aromatic carbocycles. The molecular weight excluding hydrogens is 451 g/mol. The lowest BCUT2D eigenvalue weighted by molar-refractivity contribution is 0.0957. The first-order chi connectivity index (χ1) is 11.7. The van der Waals surface area contributed by atoms with Crippen molar-refractivity contribution in [3.8, 4) is 0 Å². The Hall–Kier alpha value is -1.62. The topological polar surface area (TPSA) is 83.3 Å². The van der Waals surface area contributed by atoms with Gasteiger partial charge in [0.05, 0.1) is 17.1 Å². The van der Waals surface area contributed by atoms with Crippen molar-refractivity contribution in [1.82, 2.24) is 25.7 Å². The van der Waals surface area contributed by atoms with E-state index >= 15 is 0 Å². The van der Waals surface area contributed by atoms with E-state index in [0.717, 1.165) is 36.0 Å². The van der Waals surface area contributed by atoms with Crippen LogP contribution in [-0.2, 0) is 13.6 Å². The van der Waals surface area contributed by atoms with Crippen LogP contribution in [0.4, 0.5) is 0 Å². The summed E-state index contributed by atoms with van der Waals surface area (Å²) in [6.45, 7) is 4.77. The lowest BCUT2D eigenvalue weighted by Crippen LogP contribution is -2.38. The van der Waals surface area contributed by atoms with Gasteiger partial charge in [-0.05, 0) is 30.9 Å². The van der Waals surface area contributed by atoms with Crippen LogP contribution in [0.3, 0.4) is 0 Å². The van der Waals surface area contributed by atoms with Crippen LogP contribution in [-0.4, -0.2) is 41.3 Å². The lowest BCUT2D eigenvalue weighted by atomic mass is 10.4. The van der Waals surface area contributed by atoms with E-state index in [4.69, 9.17) is 0 Å². The summed E-state index contributed by atoms with van der Waals surface area (Å²) in [4.78, 5) is 17.1. The summed E-state index contributed by atoms with van der Waals surface area (Å²) in [6, 6.07) is 5.66. The Morgan fingerprint density at radius 3 is 2.72 bits per heavy atom. The number of thiophene rings is 1. The average molecular weight is 476 g/mol. The minimum absolute atomic E-state index is 0. The van der Waals surface area contributed by atoms with Crippen molar-refractivity contribution in [3.05, 3.63) is 40.3 Å². The fourth-order valence-electron chi connectivity index (χ4n) is 2.05. The first-order valence-corrected chi connectivity index (χ1v) is 8.89. The molecule has 0 unspecified atom stereocenters. The standard InChI is InChI=1S/C16H24N6OS.HI/c1-3-17-16(20-12-13-7-10-21-22(13)2)19-9-5-8-18-15(23)14-6-4-11-24-14;/h4,6-7,10-11H,3,5,8-9,12H2,1-2H3,(H,18,23)(H2,17,19,20);1H. The third-order valence-electron chi connectivity index (χ3n) is 3.34. The normalized spacial score (nSPS) is 10.9. The van der Waals surface area contributed by atoms with E-state index in [9.17, 15) is 4.79 Å². The largest absolute Gasteiger partial charge is 0.357 e. The molecule has 138 valence electrons. The van der Waals surface area contributed by atoms with E-state index < -0.39 is 0 Å². The summed E-state index contributed by atoms with van der Waals surface area (Å²) in [7, 11) is 1.90. The molecule has 0 fully saturated rings. The highest BCUT2D eigenvalue weighted by atomic mass is 127. The second-order valence-corrected chi connectivity index (χ2v) is 6.10. The minimum atomic E-state index is -0.0122. The van der Waals surface area contributed by atoms with Crippen LogP contribution < -0.4 is 16.0 Å². The van der Waals surface area contributed by atoms with Gasteiger partial charge in [0.25, 0.3) is 5.91 Å². The number of aryl methyl sites for hydroxylation is 1. The van der Waals surface area contributed by atoms with Crippen LogP contribution in [0.15, 0.2) is 34.8 Å². The molecular formula is C16H25IN6OS. The number of hydrogen-bond donors (Lipinski definition) is 3. The van der Waals surface area contributed by atoms with Crippen LogP contribution in [0.25, 0.3) is 0 Å². The van der Waals surface area contributed by atoms with Gasteiger partial charge in [-0.15, -0.1) is 35.3 Å². The number of aromatic nitrogens is 2. The Morgan fingerprint density at radius 1 is 1.28 bits per heavy atom. The number of nitrogens with one attached hydrogen (secondary N) is 3. The molecule has 0 saturated carbocycles. The molecule has 0 bridgehead atoms. The summed E-state index contributed by atoms with van der Waals surface area (Å²) in [5, 5.41) is 15.4. The number of nitrogens with zero attached hydrogens (tertiary/aromatic N) is 3. The predicted octanol–water partition coefficient (Wildman–Crippen LogP) is 1.97. The molecule has 2 aromatic heterocycles. The van der Waals surface area contributed by atoms with E-state index in [1.807, 2.05) is 42.2 Å². The molecule has 0 atom stereocenters. The fourth-order valence-corrected chi connectivity index (χ4v) is 2.69. The maximum atomic E-state index is 11.8. The molecule has 0 aliphatic carbocycles. The third-order valence-corrected chi connectivity index (χ3v) is 4.21. The number of rotatable bonds is 8. The summed E-state index contributed by atoms with van der Waals surface area (Å²) in [5.41, 5.74) is 1.05. The first kappa shape index (κ1) is 21.4. The number of amides is 1. The summed E-state index contributed by atoms with van der Waals surface area (Å²) in [6.07, 6.45) is 2.59. The van der Waals surface area contributed by atoms with Gasteiger partial charge in [0, 0.05) is 32.9 Å². The van der Waals surface area contributed by atoms with E-state index in [1.54, 1.807) is 6.20 Å². The van der Waals surface area contributed by atoms with Gasteiger partial charge in [0.1, 0.15) is 0 Å². The van der Waals surface area contributed by atoms with Gasteiger partial charge >= 0.3 is 0 Å². The summed E-state index contributed by atoms with van der Waals surface area (Å²) < 4.78 is 1.81. The molecule has 9 heteroatoms. The number of carbonyl (C=O) groups excluding carboxylic acids is 1. The van der Waals surface area contributed by atoms with Crippen molar-refractivity contribution in [2.24, 2.45) is 12.0 Å². The van der Waals surface area contributed by atoms with Gasteiger partial charge in [-0.3, -0.25) is 9.48 Å². The number of carbonyl (C=O) groups is 1. The SMILES string of the molecule is CCNC(=NCc1ccnn1C)NCCCNC(=O)c1cccs1.I. The molecule has 0 spiro atoms. The molecule has 7 nitrogen and oxygen atoms in total. The fraction of sp³-hybridized carbons (Fsp3) is 0.438. The highest BCUT2D eigenvalue weighted by molar-refractivity contribution is 14.0. The van der Waals surface area contributed by atoms with Gasteiger partial charge in [0.15, 0.2) is 5.96 Å². The van der Waals surface area contributed by atoms with Gasteiger partial charge < -0.3 is 16.0 Å². The number of hydrogen-bond acceptors (Lipinski definition) is 4. The van der Waals surface area contributed by atoms with Crippen LogP contribution in [0.5, 0.6) is 0 Å². The third kappa shape index (κ3) is 7.43. The zero-order valence-corrected chi connectivity index (χ0v) is 17.6. The van der Waals surface area contributed by atoms with E-state index in [2.05, 4.69) is 26.0 Å². The number of aliphatic imine (C=N–C) groups is 1. The second kappa shape index (κ2) is 11.9. The Labute approximate surface area is 169 Å². The zero-order chi connectivity index (χ0) is 17.2. The quantitative estimate of drug-likeness (QED) is 0.236. The molecule has 3 N–H and O–H groups in total. The van der Waals surface area contributed by atoms with Gasteiger partial charge in [-0.2, -0.15) is 5.10 Å². The Kier molecular flexibility index (Phi) is 10.2. The monoisotopic (exact) mass is 476 g/mol. The van der Waals surface area contributed by atoms with Crippen molar-refractivity contribution in [2.45, 2.75) is 19.9 Å². The maximum Gasteiger partial charge on any atom is 0.261 e. The van der Waals surface area contributed by atoms with Gasteiger partial charge in [-0.25, -0.2) is 4.99 Å². The van der Waals surface area contributed by atoms with E-state index in [0.29, 0.717) is 13.1 Å². The van der Waals surface area contributed by atoms with Crippen LogP contribution in [0, 0.1) is 0 Å². The van der Waals surface area contributed by atoms with Crippen molar-refractivity contribution in [2.75, 3.05) is 19.6 Å². The van der Waals surface area contributed by atoms with Crippen molar-refractivity contribution in [3.63, 3.8) is 0 Å². The second-order valence-electron chi connectivity index (χ2n) is 5.15. The predicted molar refractivity (Wildman–Crippen MR) is 113 cm³/mol. The molecule has 2 rings (SSSR count). The Morgan fingerprint density at radius 2 is 2.08 bits per heavy atom. The van der Waals surface area contributed by atoms with Crippen molar-refractivity contribution >= 4 is 47.2 Å². The van der Waals surface area contributed by atoms with Crippen LogP contribution >= 0.6 is 35.3 Å². The van der Waals surface area contributed by atoms with Gasteiger partial charge in [-0.1, -0.05) is 6.07 Å². The van der Waals surface area contributed by atoms with Crippen LogP contribution in [0.1, 0.15) is 28.7 Å². The van der Waals surface area contributed by atoms with Crippen molar-refractivity contribution in [1.29, 1.82) is 0 Å². The van der Waals surface area contributed by atoms with E-state index in [-0.39, 0.29) is 29.9 Å². The molecule has 0 saturated heterocycles. The first-order valence-electron chi connectivity index (χ1n) is 8.01. The zero-order valence-electron chi connectivity index (χ0n) is 14.5. The number of guanidine groups is 1. The lowest BCUT2D eigenvalue weighted by Gasteiger charge is -2.11. The van der Waals surface area contributed by atoms with Crippen molar-refractivity contribution < 1.29 is 4.79 Å². The molecule has 25 heavy (non-hydrogen) atoms. The Balaban J connectivity index is 0.00000312. The molecule has 1 amide bonds. The Bertz CT molecular complexity index is 655. The molecule has 0 aliphatic heterocycles. The van der Waals surface area contributed by atoms with Gasteiger partial charge in [0.2, 0.25) is 0 Å². The smallest absolute Gasteiger partial charge is 0.261 e. The molecule has 2 heterocycles. The van der Waals surface area contributed by atoms with E-state index in [1.165, 1.54) is 11.3 Å². The highest BCUT2D eigenvalue weighted by Gasteiger charge is 2.05. The average Bonchev–Trinajstić information content (AvgIpc) is 3.23. The molecule has 0 radical (unpaired) electrons. The number of halogens is 1. The summed E-state index contributed by atoms with van der Waals surface area (Å²) in [5.74, 6) is 0.755. The molecule has 2 aromatic rings. The molecule has 0 aliphatic rings.